The standard InChI is InChI=1S/C4H5N.C2H4N2Si/c1-2-4-5-3-1;1-2-5-4-3-1/h1-5H;1-3,5H. The Labute approximate surface area is 61.3 Å². The molecule has 10 heavy (non-hydrogen) atoms. The van der Waals surface area contributed by atoms with Crippen LogP contribution in [0.15, 0.2) is 36.4 Å². The number of hydrogen-bond acceptors (Lipinski definition) is 1. The van der Waals surface area contributed by atoms with E-state index in [0.717, 1.165) is 0 Å². The van der Waals surface area contributed by atoms with E-state index < -0.39 is 0 Å². The molecule has 0 radical (unpaired) electrons. The van der Waals surface area contributed by atoms with Crippen molar-refractivity contribution in [3.05, 3.63) is 36.4 Å². The third kappa shape index (κ3) is 2.98. The van der Waals surface area contributed by atoms with Gasteiger partial charge in [-0.2, -0.15) is 0 Å². The molecule has 0 aliphatic heterocycles. The van der Waals surface area contributed by atoms with Gasteiger partial charge in [-0.1, -0.05) is 0 Å². The molecule has 2 aromatic heterocycles. The lowest BCUT2D eigenvalue weighted by Gasteiger charge is -1.51. The first-order valence-electron chi connectivity index (χ1n) is 3.01. The molecular formula is C6H9N3Si. The van der Waals surface area contributed by atoms with Crippen LogP contribution in [-0.2, 0) is 0 Å². The van der Waals surface area contributed by atoms with Crippen LogP contribution in [0.5, 0.6) is 0 Å². The normalized spacial score (nSPS) is 8.00. The second-order valence-corrected chi connectivity index (χ2v) is 2.59. The lowest BCUT2D eigenvalue weighted by molar-refractivity contribution is 1.15. The van der Waals surface area contributed by atoms with Crippen LogP contribution in [0.2, 0.25) is 0 Å². The third-order valence-corrected chi connectivity index (χ3v) is 1.56. The van der Waals surface area contributed by atoms with Gasteiger partial charge in [0.05, 0.1) is 0 Å². The zero-order valence-corrected chi connectivity index (χ0v) is 6.64. The molecule has 0 atom stereocenters. The number of aromatic amines is 2. The summed E-state index contributed by atoms with van der Waals surface area (Å²) >= 11 is 0. The highest BCUT2D eigenvalue weighted by Crippen LogP contribution is 1.72. The first-order chi connectivity index (χ1) is 5.00. The van der Waals surface area contributed by atoms with Crippen LogP contribution >= 0.6 is 0 Å². The van der Waals surface area contributed by atoms with Crippen molar-refractivity contribution in [2.75, 3.05) is 0 Å². The summed E-state index contributed by atoms with van der Waals surface area (Å²) in [5, 5.41) is 2.70. The summed E-state index contributed by atoms with van der Waals surface area (Å²) in [5.41, 5.74) is 2.04. The summed E-state index contributed by atoms with van der Waals surface area (Å²) in [4.78, 5) is 2.86. The molecule has 2 N–H and O–H groups in total. The van der Waals surface area contributed by atoms with Gasteiger partial charge in [0.25, 0.3) is 0 Å². The van der Waals surface area contributed by atoms with Crippen LogP contribution in [0.4, 0.5) is 0 Å². The van der Waals surface area contributed by atoms with Crippen molar-refractivity contribution in [1.29, 1.82) is 0 Å². The summed E-state index contributed by atoms with van der Waals surface area (Å²) < 4.78 is 3.81. The summed E-state index contributed by atoms with van der Waals surface area (Å²) in [7, 11) is 0.259. The SMILES string of the molecule is c1c[siH]n[nH]1.c1cc[nH]c1. The molecule has 0 aliphatic carbocycles. The van der Waals surface area contributed by atoms with Gasteiger partial charge in [-0.25, -0.2) is 4.75 Å². The molecule has 2 heterocycles. The molecule has 2 rings (SSSR count). The molecule has 0 spiro atoms. The minimum atomic E-state index is 0.259. The maximum Gasteiger partial charge on any atom is 0.167 e. The fourth-order valence-corrected chi connectivity index (χ4v) is 0.923. The zero-order chi connectivity index (χ0) is 7.07. The van der Waals surface area contributed by atoms with Gasteiger partial charge in [0.15, 0.2) is 9.29 Å². The predicted octanol–water partition coefficient (Wildman–Crippen LogP) is 0.495. The second kappa shape index (κ2) is 4.69. The van der Waals surface area contributed by atoms with Crippen LogP contribution in [0.1, 0.15) is 0 Å². The molecule has 0 aromatic carbocycles. The minimum Gasteiger partial charge on any atom is -0.368 e. The monoisotopic (exact) mass is 151 g/mol. The molecule has 3 nitrogen and oxygen atoms in total. The molecule has 0 saturated carbocycles. The van der Waals surface area contributed by atoms with Crippen molar-refractivity contribution in [3.63, 3.8) is 0 Å². The third-order valence-electron chi connectivity index (χ3n) is 0.902. The van der Waals surface area contributed by atoms with E-state index in [1.807, 2.05) is 36.4 Å². The Kier molecular flexibility index (Phi) is 3.26. The fourth-order valence-electron chi connectivity index (χ4n) is 0.493. The first-order valence-corrected chi connectivity index (χ1v) is 4.20. The molecule has 2 aromatic rings. The van der Waals surface area contributed by atoms with Crippen molar-refractivity contribution in [3.8, 4) is 0 Å². The Morgan fingerprint density at radius 1 is 1.10 bits per heavy atom. The van der Waals surface area contributed by atoms with Gasteiger partial charge >= 0.3 is 0 Å². The summed E-state index contributed by atoms with van der Waals surface area (Å²) in [6.07, 6.45) is 5.61. The van der Waals surface area contributed by atoms with Gasteiger partial charge in [0, 0.05) is 18.6 Å². The number of aromatic nitrogens is 3. The van der Waals surface area contributed by atoms with Gasteiger partial charge in [-0.05, 0) is 17.8 Å². The highest BCUT2D eigenvalue weighted by molar-refractivity contribution is 6.19. The quantitative estimate of drug-likeness (QED) is 0.529. The van der Waals surface area contributed by atoms with E-state index in [0.29, 0.717) is 0 Å². The molecule has 0 saturated heterocycles. The molecule has 4 heteroatoms. The van der Waals surface area contributed by atoms with Gasteiger partial charge in [-0.15, -0.1) is 0 Å². The molecule has 52 valence electrons. The van der Waals surface area contributed by atoms with Crippen LogP contribution < -0.4 is 0 Å². The van der Waals surface area contributed by atoms with Gasteiger partial charge in [-0.3, -0.25) is 5.10 Å². The highest BCUT2D eigenvalue weighted by atomic mass is 28.2. The number of H-pyrrole nitrogens is 2. The molecule has 0 fully saturated rings. The molecule has 0 amide bonds. The van der Waals surface area contributed by atoms with Crippen LogP contribution in [0.3, 0.4) is 0 Å². The van der Waals surface area contributed by atoms with Crippen LogP contribution in [0.25, 0.3) is 0 Å². The number of nitrogens with zero attached hydrogens (tertiary/aromatic N) is 1. The average Bonchev–Trinajstić information content (AvgIpc) is 2.67. The van der Waals surface area contributed by atoms with Crippen LogP contribution in [-0.4, -0.2) is 24.1 Å². The highest BCUT2D eigenvalue weighted by Gasteiger charge is 1.58. The van der Waals surface area contributed by atoms with Gasteiger partial charge in [0.2, 0.25) is 0 Å². The van der Waals surface area contributed by atoms with Crippen molar-refractivity contribution in [2.24, 2.45) is 0 Å². The maximum atomic E-state index is 3.81. The summed E-state index contributed by atoms with van der Waals surface area (Å²) in [6, 6.07) is 3.89. The van der Waals surface area contributed by atoms with Gasteiger partial charge < -0.3 is 4.98 Å². The lowest BCUT2D eigenvalue weighted by atomic mass is 10.7. The Hall–Kier alpha value is -1.16. The molecule has 0 aliphatic rings. The first kappa shape index (κ1) is 6.95. The molecule has 0 bridgehead atoms. The predicted molar refractivity (Wildman–Crippen MR) is 42.1 cm³/mol. The minimum absolute atomic E-state index is 0.259. The zero-order valence-electron chi connectivity index (χ0n) is 5.49. The largest absolute Gasteiger partial charge is 0.368 e. The van der Waals surface area contributed by atoms with Crippen molar-refractivity contribution < 1.29 is 0 Å². The second-order valence-electron chi connectivity index (χ2n) is 1.65. The summed E-state index contributed by atoms with van der Waals surface area (Å²) in [6.45, 7) is 0. The van der Waals surface area contributed by atoms with E-state index in [1.165, 1.54) is 0 Å². The fraction of sp³-hybridized carbons (Fsp3) is 0. The summed E-state index contributed by atoms with van der Waals surface area (Å²) in [5.74, 6) is 0. The van der Waals surface area contributed by atoms with Gasteiger partial charge in [0.1, 0.15) is 0 Å². The molecule has 0 unspecified atom stereocenters. The Balaban J connectivity index is 0.0000001000. The van der Waals surface area contributed by atoms with Crippen LogP contribution in [0, 0.1) is 0 Å². The Morgan fingerprint density at radius 2 is 1.90 bits per heavy atom. The van der Waals surface area contributed by atoms with E-state index in [1.54, 1.807) is 0 Å². The number of nitrogens with one attached hydrogen (secondary N) is 2. The van der Waals surface area contributed by atoms with E-state index in [2.05, 4.69) is 14.8 Å². The Morgan fingerprint density at radius 3 is 2.10 bits per heavy atom. The van der Waals surface area contributed by atoms with E-state index in [9.17, 15) is 0 Å². The Bertz CT molecular complexity index is 152. The van der Waals surface area contributed by atoms with E-state index >= 15 is 0 Å². The number of rotatable bonds is 0. The topological polar surface area (TPSA) is 44.5 Å². The maximum absolute atomic E-state index is 3.81. The van der Waals surface area contributed by atoms with Crippen molar-refractivity contribution >= 4 is 9.29 Å². The molecular weight excluding hydrogens is 142 g/mol. The van der Waals surface area contributed by atoms with E-state index in [-0.39, 0.29) is 9.29 Å². The van der Waals surface area contributed by atoms with E-state index in [4.69, 9.17) is 0 Å². The average molecular weight is 151 g/mol. The smallest absolute Gasteiger partial charge is 0.167 e. The number of hydrogen-bond donors (Lipinski definition) is 2. The lowest BCUT2D eigenvalue weighted by Crippen LogP contribution is -1.63. The van der Waals surface area contributed by atoms with Crippen molar-refractivity contribution in [2.45, 2.75) is 0 Å². The van der Waals surface area contributed by atoms with Crippen molar-refractivity contribution in [1.82, 2.24) is 14.8 Å².